The molecule has 0 saturated heterocycles. The summed E-state index contributed by atoms with van der Waals surface area (Å²) in [4.78, 5) is 11.0. The van der Waals surface area contributed by atoms with E-state index in [4.69, 9.17) is 9.05 Å². The van der Waals surface area contributed by atoms with Crippen molar-refractivity contribution in [3.63, 3.8) is 0 Å². The number of alkyl halides is 1. The van der Waals surface area contributed by atoms with Crippen LogP contribution in [0.3, 0.4) is 0 Å². The average molecular weight is 226 g/mol. The van der Waals surface area contributed by atoms with Gasteiger partial charge in [-0.1, -0.05) is 0 Å². The van der Waals surface area contributed by atoms with E-state index in [1.807, 2.05) is 0 Å². The van der Waals surface area contributed by atoms with Gasteiger partial charge in [0.15, 0.2) is 5.78 Å². The predicted molar refractivity (Wildman–Crippen MR) is 51.1 cm³/mol. The molecule has 4 nitrogen and oxygen atoms in total. The molecule has 0 aromatic heterocycles. The van der Waals surface area contributed by atoms with Crippen molar-refractivity contribution in [2.45, 2.75) is 33.1 Å². The van der Waals surface area contributed by atoms with E-state index < -0.39 is 18.8 Å². The zero-order valence-electron chi connectivity index (χ0n) is 8.87. The van der Waals surface area contributed by atoms with Crippen LogP contribution in [0.2, 0.25) is 0 Å². The van der Waals surface area contributed by atoms with Crippen molar-refractivity contribution in [2.75, 3.05) is 13.2 Å². The highest BCUT2D eigenvalue weighted by atomic mass is 31.2. The van der Waals surface area contributed by atoms with E-state index >= 15 is 0 Å². The Morgan fingerprint density at radius 2 is 1.71 bits per heavy atom. The van der Waals surface area contributed by atoms with Crippen LogP contribution < -0.4 is 0 Å². The Kier molecular flexibility index (Phi) is 4.92. The number of carbonyl (C=O) groups is 1. The molecule has 0 saturated carbocycles. The van der Waals surface area contributed by atoms with E-state index in [9.17, 15) is 13.8 Å². The fraction of sp³-hybridized carbons (Fsp3) is 0.875. The van der Waals surface area contributed by atoms with Gasteiger partial charge in [-0.15, -0.1) is 0 Å². The van der Waals surface area contributed by atoms with Crippen LogP contribution in [-0.2, 0) is 18.4 Å². The molecule has 1 unspecified atom stereocenters. The summed E-state index contributed by atoms with van der Waals surface area (Å²) in [6.07, 6.45) is 0. The van der Waals surface area contributed by atoms with Crippen molar-refractivity contribution >= 4 is 13.4 Å². The maximum Gasteiger partial charge on any atom is 0.374 e. The standard InChI is InChI=1S/C8H16FO4P/c1-5-12-14(11,13-6-2)8(4,9)7(3)10/h5-6H2,1-4H3. The SMILES string of the molecule is CCOP(=O)(OCC)C(C)(F)C(C)=O. The van der Waals surface area contributed by atoms with E-state index in [0.29, 0.717) is 0 Å². The van der Waals surface area contributed by atoms with Gasteiger partial charge in [0.25, 0.3) is 5.41 Å². The minimum atomic E-state index is -3.99. The molecule has 14 heavy (non-hydrogen) atoms. The third-order valence-electron chi connectivity index (χ3n) is 1.75. The molecule has 0 N–H and O–H groups in total. The molecule has 0 spiro atoms. The molecular formula is C8H16FO4P. The van der Waals surface area contributed by atoms with Gasteiger partial charge in [0.05, 0.1) is 13.2 Å². The summed E-state index contributed by atoms with van der Waals surface area (Å²) < 4.78 is 35.1. The Labute approximate surface area is 83.3 Å². The summed E-state index contributed by atoms with van der Waals surface area (Å²) in [6.45, 7) is 5.12. The minimum Gasteiger partial charge on any atom is -0.306 e. The maximum atomic E-state index is 13.8. The van der Waals surface area contributed by atoms with Crippen LogP contribution in [0.15, 0.2) is 0 Å². The third-order valence-corrected chi connectivity index (χ3v) is 4.29. The highest BCUT2D eigenvalue weighted by Gasteiger charge is 2.52. The largest absolute Gasteiger partial charge is 0.374 e. The second kappa shape index (κ2) is 5.01. The summed E-state index contributed by atoms with van der Waals surface area (Å²) in [7, 11) is -3.99. The molecule has 0 aliphatic rings. The van der Waals surface area contributed by atoms with E-state index in [-0.39, 0.29) is 13.2 Å². The quantitative estimate of drug-likeness (QED) is 0.653. The number of hydrogen-bond acceptors (Lipinski definition) is 4. The normalized spacial score (nSPS) is 16.4. The Balaban J connectivity index is 4.99. The highest BCUT2D eigenvalue weighted by Crippen LogP contribution is 2.60. The zero-order chi connectivity index (χ0) is 11.4. The number of ketones is 1. The van der Waals surface area contributed by atoms with E-state index in [0.717, 1.165) is 13.8 Å². The molecule has 0 bridgehead atoms. The molecule has 0 radical (unpaired) electrons. The average Bonchev–Trinajstić information content (AvgIpc) is 2.04. The number of carbonyl (C=O) groups excluding carboxylic acids is 1. The van der Waals surface area contributed by atoms with Gasteiger partial charge in [-0.2, -0.15) is 0 Å². The Morgan fingerprint density at radius 1 is 1.36 bits per heavy atom. The van der Waals surface area contributed by atoms with Crippen LogP contribution >= 0.6 is 7.60 Å². The lowest BCUT2D eigenvalue weighted by Crippen LogP contribution is -2.30. The van der Waals surface area contributed by atoms with Crippen LogP contribution in [0, 0.1) is 0 Å². The molecule has 0 fully saturated rings. The third kappa shape index (κ3) is 2.62. The second-order valence-electron chi connectivity index (χ2n) is 2.84. The molecule has 84 valence electrons. The van der Waals surface area contributed by atoms with Gasteiger partial charge < -0.3 is 9.05 Å². The van der Waals surface area contributed by atoms with E-state index in [1.165, 1.54) is 0 Å². The lowest BCUT2D eigenvalue weighted by Gasteiger charge is -2.26. The molecule has 0 amide bonds. The van der Waals surface area contributed by atoms with Crippen LogP contribution in [0.5, 0.6) is 0 Å². The number of Topliss-reactive ketones (excluding diaryl/α,β-unsaturated/α-hetero) is 1. The van der Waals surface area contributed by atoms with Crippen LogP contribution in [0.4, 0.5) is 4.39 Å². The van der Waals surface area contributed by atoms with Crippen LogP contribution in [-0.4, -0.2) is 24.4 Å². The first-order chi connectivity index (χ1) is 6.31. The Hall–Kier alpha value is -0.250. The van der Waals surface area contributed by atoms with Gasteiger partial charge in [-0.05, 0) is 27.7 Å². The van der Waals surface area contributed by atoms with Crippen molar-refractivity contribution in [2.24, 2.45) is 0 Å². The summed E-state index contributed by atoms with van der Waals surface area (Å²) in [5, 5.41) is -2.57. The fourth-order valence-electron chi connectivity index (χ4n) is 0.812. The van der Waals surface area contributed by atoms with Gasteiger partial charge in [-0.3, -0.25) is 9.36 Å². The molecule has 1 atom stereocenters. The monoisotopic (exact) mass is 226 g/mol. The number of rotatable bonds is 6. The summed E-state index contributed by atoms with van der Waals surface area (Å²) >= 11 is 0. The van der Waals surface area contributed by atoms with Crippen molar-refractivity contribution in [1.29, 1.82) is 0 Å². The first kappa shape index (κ1) is 13.8. The topological polar surface area (TPSA) is 52.6 Å². The fourth-order valence-corrected chi connectivity index (χ4v) is 2.44. The zero-order valence-corrected chi connectivity index (χ0v) is 9.77. The molecule has 0 aromatic rings. The smallest absolute Gasteiger partial charge is 0.306 e. The lowest BCUT2D eigenvalue weighted by atomic mass is 10.3. The number of halogens is 1. The Morgan fingerprint density at radius 3 is 1.93 bits per heavy atom. The Bertz CT molecular complexity index is 242. The van der Waals surface area contributed by atoms with Gasteiger partial charge in [0, 0.05) is 0 Å². The van der Waals surface area contributed by atoms with Crippen LogP contribution in [0.1, 0.15) is 27.7 Å². The highest BCUT2D eigenvalue weighted by molar-refractivity contribution is 7.56. The van der Waals surface area contributed by atoms with Crippen molar-refractivity contribution in [1.82, 2.24) is 0 Å². The van der Waals surface area contributed by atoms with Gasteiger partial charge >= 0.3 is 7.60 Å². The van der Waals surface area contributed by atoms with E-state index in [1.54, 1.807) is 13.8 Å². The van der Waals surface area contributed by atoms with Crippen molar-refractivity contribution in [3.8, 4) is 0 Å². The molecule has 0 aliphatic carbocycles. The van der Waals surface area contributed by atoms with Crippen molar-refractivity contribution < 1.29 is 22.8 Å². The van der Waals surface area contributed by atoms with Gasteiger partial charge in [0.1, 0.15) is 0 Å². The van der Waals surface area contributed by atoms with Crippen LogP contribution in [0.25, 0.3) is 0 Å². The molecule has 0 aromatic carbocycles. The molecular weight excluding hydrogens is 210 g/mol. The number of hydrogen-bond donors (Lipinski definition) is 0. The van der Waals surface area contributed by atoms with Crippen molar-refractivity contribution in [3.05, 3.63) is 0 Å². The maximum absolute atomic E-state index is 13.8. The van der Waals surface area contributed by atoms with Gasteiger partial charge in [-0.25, -0.2) is 4.39 Å². The molecule has 0 rings (SSSR count). The first-order valence-corrected chi connectivity index (χ1v) is 5.95. The molecule has 0 aliphatic heterocycles. The first-order valence-electron chi connectivity index (χ1n) is 4.41. The second-order valence-corrected chi connectivity index (χ2v) is 5.19. The minimum absolute atomic E-state index is 0.0318. The predicted octanol–water partition coefficient (Wildman–Crippen LogP) is 2.53. The van der Waals surface area contributed by atoms with E-state index in [2.05, 4.69) is 0 Å². The van der Waals surface area contributed by atoms with Gasteiger partial charge in [0.2, 0.25) is 0 Å². The molecule has 6 heteroatoms. The molecule has 0 heterocycles. The summed E-state index contributed by atoms with van der Waals surface area (Å²) in [5.74, 6) is -0.859. The lowest BCUT2D eigenvalue weighted by molar-refractivity contribution is -0.124. The summed E-state index contributed by atoms with van der Waals surface area (Å²) in [6, 6.07) is 0. The summed E-state index contributed by atoms with van der Waals surface area (Å²) in [5.41, 5.74) is 0.